The third-order valence-corrected chi connectivity index (χ3v) is 2.37. The summed E-state index contributed by atoms with van der Waals surface area (Å²) in [5, 5.41) is 2.80. The smallest absolute Gasteiger partial charge is 0.283 e. The highest BCUT2D eigenvalue weighted by atomic mass is 19.3. The van der Waals surface area contributed by atoms with E-state index in [1.165, 1.54) is 0 Å². The first-order chi connectivity index (χ1) is 8.12. The van der Waals surface area contributed by atoms with Crippen molar-refractivity contribution in [2.45, 2.75) is 53.4 Å². The SMILES string of the molecule is CC(C)CCCNCC(F)(F)COCC(C)(C)C. The second kappa shape index (κ2) is 8.05. The van der Waals surface area contributed by atoms with E-state index in [-0.39, 0.29) is 12.0 Å². The van der Waals surface area contributed by atoms with Crippen LogP contribution in [0.3, 0.4) is 0 Å². The number of ether oxygens (including phenoxy) is 1. The molecule has 0 bridgehead atoms. The molecule has 0 fully saturated rings. The number of hydrogen-bond donors (Lipinski definition) is 1. The Morgan fingerprint density at radius 3 is 2.22 bits per heavy atom. The first-order valence-electron chi connectivity index (χ1n) is 6.79. The Bertz CT molecular complexity index is 212. The zero-order chi connectivity index (χ0) is 14.2. The number of alkyl halides is 2. The van der Waals surface area contributed by atoms with E-state index in [9.17, 15) is 8.78 Å². The molecule has 0 spiro atoms. The Balaban J connectivity index is 3.61. The predicted octanol–water partition coefficient (Wildman–Crippen LogP) is 3.71. The van der Waals surface area contributed by atoms with Crippen molar-refractivity contribution < 1.29 is 13.5 Å². The molecular weight excluding hydrogens is 236 g/mol. The van der Waals surface area contributed by atoms with Gasteiger partial charge in [0.15, 0.2) is 0 Å². The summed E-state index contributed by atoms with van der Waals surface area (Å²) in [7, 11) is 0. The molecule has 0 aliphatic rings. The maximum atomic E-state index is 13.4. The molecule has 0 aliphatic heterocycles. The van der Waals surface area contributed by atoms with Crippen molar-refractivity contribution in [3.63, 3.8) is 0 Å². The zero-order valence-electron chi connectivity index (χ0n) is 12.5. The van der Waals surface area contributed by atoms with Gasteiger partial charge in [-0.25, -0.2) is 8.78 Å². The van der Waals surface area contributed by atoms with Crippen LogP contribution in [0.5, 0.6) is 0 Å². The van der Waals surface area contributed by atoms with Crippen LogP contribution < -0.4 is 5.32 Å². The van der Waals surface area contributed by atoms with Crippen molar-refractivity contribution in [2.75, 3.05) is 26.3 Å². The Kier molecular flexibility index (Phi) is 7.95. The molecule has 0 aromatic carbocycles. The fourth-order valence-electron chi connectivity index (χ4n) is 1.46. The normalized spacial score (nSPS) is 13.3. The molecule has 0 aromatic rings. The minimum atomic E-state index is -2.77. The van der Waals surface area contributed by atoms with E-state index in [2.05, 4.69) is 19.2 Å². The van der Waals surface area contributed by atoms with Crippen molar-refractivity contribution in [1.29, 1.82) is 0 Å². The van der Waals surface area contributed by atoms with Gasteiger partial charge in [-0.1, -0.05) is 34.6 Å². The molecular formula is C14H29F2NO. The van der Waals surface area contributed by atoms with E-state index >= 15 is 0 Å². The Labute approximate surface area is 110 Å². The second-order valence-electron chi connectivity index (χ2n) is 6.62. The maximum Gasteiger partial charge on any atom is 0.283 e. The van der Waals surface area contributed by atoms with Gasteiger partial charge >= 0.3 is 0 Å². The molecule has 0 heterocycles. The van der Waals surface area contributed by atoms with Gasteiger partial charge in [-0.15, -0.1) is 0 Å². The van der Waals surface area contributed by atoms with Gasteiger partial charge in [-0.3, -0.25) is 0 Å². The fourth-order valence-corrected chi connectivity index (χ4v) is 1.46. The molecule has 18 heavy (non-hydrogen) atoms. The molecule has 0 rings (SSSR count). The summed E-state index contributed by atoms with van der Waals surface area (Å²) in [6.07, 6.45) is 2.01. The predicted molar refractivity (Wildman–Crippen MR) is 72.2 cm³/mol. The fraction of sp³-hybridized carbons (Fsp3) is 1.00. The molecule has 4 heteroatoms. The summed E-state index contributed by atoms with van der Waals surface area (Å²) < 4.78 is 31.9. The Morgan fingerprint density at radius 1 is 1.11 bits per heavy atom. The van der Waals surface area contributed by atoms with Crippen molar-refractivity contribution in [3.05, 3.63) is 0 Å². The van der Waals surface area contributed by atoms with Gasteiger partial charge in [0.2, 0.25) is 0 Å². The van der Waals surface area contributed by atoms with E-state index in [0.717, 1.165) is 12.8 Å². The number of rotatable bonds is 9. The lowest BCUT2D eigenvalue weighted by molar-refractivity contribution is -0.0864. The molecule has 0 amide bonds. The van der Waals surface area contributed by atoms with Gasteiger partial charge in [0.1, 0.15) is 6.61 Å². The summed E-state index contributed by atoms with van der Waals surface area (Å²) >= 11 is 0. The van der Waals surface area contributed by atoms with E-state index in [1.54, 1.807) is 0 Å². The lowest BCUT2D eigenvalue weighted by Gasteiger charge is -2.22. The van der Waals surface area contributed by atoms with Crippen LogP contribution in [0.25, 0.3) is 0 Å². The van der Waals surface area contributed by atoms with Crippen molar-refractivity contribution in [2.24, 2.45) is 11.3 Å². The molecule has 0 unspecified atom stereocenters. The highest BCUT2D eigenvalue weighted by Gasteiger charge is 2.29. The van der Waals surface area contributed by atoms with Gasteiger partial charge < -0.3 is 10.1 Å². The van der Waals surface area contributed by atoms with Crippen LogP contribution in [-0.2, 0) is 4.74 Å². The van der Waals surface area contributed by atoms with E-state index in [0.29, 0.717) is 19.1 Å². The van der Waals surface area contributed by atoms with Gasteiger partial charge in [0.05, 0.1) is 13.2 Å². The second-order valence-corrected chi connectivity index (χ2v) is 6.62. The standard InChI is InChI=1S/C14H29F2NO/c1-12(2)7-6-8-17-9-14(15,16)11-18-10-13(3,4)5/h12,17H,6-11H2,1-5H3. The molecule has 0 aromatic heterocycles. The Hall–Kier alpha value is -0.220. The lowest BCUT2D eigenvalue weighted by Crippen LogP contribution is -2.38. The average molecular weight is 265 g/mol. The Morgan fingerprint density at radius 2 is 1.72 bits per heavy atom. The van der Waals surface area contributed by atoms with Crippen LogP contribution in [0.2, 0.25) is 0 Å². The first-order valence-corrected chi connectivity index (χ1v) is 6.79. The summed E-state index contributed by atoms with van der Waals surface area (Å²) in [5.41, 5.74) is -0.0687. The van der Waals surface area contributed by atoms with Crippen LogP contribution >= 0.6 is 0 Å². The minimum Gasteiger partial charge on any atom is -0.375 e. The highest BCUT2D eigenvalue weighted by Crippen LogP contribution is 2.17. The van der Waals surface area contributed by atoms with Gasteiger partial charge in [0.25, 0.3) is 5.92 Å². The van der Waals surface area contributed by atoms with Gasteiger partial charge in [-0.05, 0) is 30.7 Å². The van der Waals surface area contributed by atoms with E-state index < -0.39 is 12.5 Å². The van der Waals surface area contributed by atoms with E-state index in [4.69, 9.17) is 4.74 Å². The van der Waals surface area contributed by atoms with Crippen molar-refractivity contribution >= 4 is 0 Å². The summed E-state index contributed by atoms with van der Waals surface area (Å²) in [4.78, 5) is 0. The number of halogens is 2. The number of hydrogen-bond acceptors (Lipinski definition) is 2. The third kappa shape index (κ3) is 12.2. The summed E-state index contributed by atoms with van der Waals surface area (Å²) in [6.45, 7) is 10.4. The van der Waals surface area contributed by atoms with Gasteiger partial charge in [-0.2, -0.15) is 0 Å². The number of nitrogens with one attached hydrogen (secondary N) is 1. The summed E-state index contributed by atoms with van der Waals surface area (Å²) in [6, 6.07) is 0. The van der Waals surface area contributed by atoms with Crippen LogP contribution in [0.1, 0.15) is 47.5 Å². The largest absolute Gasteiger partial charge is 0.375 e. The minimum absolute atomic E-state index is 0.0687. The average Bonchev–Trinajstić information content (AvgIpc) is 2.13. The molecule has 0 saturated heterocycles. The highest BCUT2D eigenvalue weighted by molar-refractivity contribution is 4.70. The molecule has 0 atom stereocenters. The lowest BCUT2D eigenvalue weighted by atomic mass is 9.99. The maximum absolute atomic E-state index is 13.4. The first kappa shape index (κ1) is 17.8. The van der Waals surface area contributed by atoms with Crippen LogP contribution in [0, 0.1) is 11.3 Å². The topological polar surface area (TPSA) is 21.3 Å². The van der Waals surface area contributed by atoms with Gasteiger partial charge in [0, 0.05) is 0 Å². The monoisotopic (exact) mass is 265 g/mol. The zero-order valence-corrected chi connectivity index (χ0v) is 12.5. The van der Waals surface area contributed by atoms with Crippen LogP contribution in [0.15, 0.2) is 0 Å². The molecule has 2 nitrogen and oxygen atoms in total. The van der Waals surface area contributed by atoms with Crippen molar-refractivity contribution in [3.8, 4) is 0 Å². The van der Waals surface area contributed by atoms with Crippen LogP contribution in [0.4, 0.5) is 8.78 Å². The molecule has 110 valence electrons. The third-order valence-electron chi connectivity index (χ3n) is 2.37. The van der Waals surface area contributed by atoms with Crippen molar-refractivity contribution in [1.82, 2.24) is 5.32 Å². The molecule has 1 N–H and O–H groups in total. The molecule has 0 aliphatic carbocycles. The van der Waals surface area contributed by atoms with E-state index in [1.807, 2.05) is 20.8 Å². The molecule has 0 saturated carbocycles. The quantitative estimate of drug-likeness (QED) is 0.642. The molecule has 0 radical (unpaired) electrons. The summed E-state index contributed by atoms with van der Waals surface area (Å²) in [5.74, 6) is -2.15. The van der Waals surface area contributed by atoms with Crippen LogP contribution in [-0.4, -0.2) is 32.2 Å².